The molecule has 1 heterocycles. The number of hydrogen-bond donors (Lipinski definition) is 0. The summed E-state index contributed by atoms with van der Waals surface area (Å²) < 4.78 is 22.4. The average Bonchev–Trinajstić information content (AvgIpc) is 2.37. The number of rotatable bonds is 5. The number of hydrogen-bond acceptors (Lipinski definition) is 4. The summed E-state index contributed by atoms with van der Waals surface area (Å²) in [5.74, 6) is 0. The summed E-state index contributed by atoms with van der Waals surface area (Å²) in [7, 11) is 1.63. The summed E-state index contributed by atoms with van der Waals surface area (Å²) in [5, 5.41) is 0. The molecule has 112 valence electrons. The Morgan fingerprint density at radius 3 is 2.60 bits per heavy atom. The molecule has 0 aliphatic carbocycles. The standard InChI is InChI=1S/C14H21BrN2O2S/c1-6-11(19-5)13(17-20(18)14(2,3)4)10-8-7-9-12(15)16-10/h7-9,11H,6H2,1-5H3/b17-13+/t11?,20-/m1/s1. The zero-order chi connectivity index (χ0) is 15.3. The van der Waals surface area contributed by atoms with Crippen LogP contribution in [0.4, 0.5) is 0 Å². The molecule has 0 aliphatic heterocycles. The molecule has 2 atom stereocenters. The normalized spacial score (nSPS) is 16.1. The van der Waals surface area contributed by atoms with E-state index in [1.165, 1.54) is 0 Å². The number of pyridine rings is 1. The quantitative estimate of drug-likeness (QED) is 0.458. The fourth-order valence-electron chi connectivity index (χ4n) is 1.52. The highest BCUT2D eigenvalue weighted by molar-refractivity contribution is 9.10. The zero-order valence-corrected chi connectivity index (χ0v) is 14.9. The van der Waals surface area contributed by atoms with Crippen LogP contribution in [0.1, 0.15) is 39.8 Å². The van der Waals surface area contributed by atoms with Crippen molar-refractivity contribution in [2.24, 2.45) is 4.40 Å². The van der Waals surface area contributed by atoms with E-state index in [0.29, 0.717) is 11.4 Å². The van der Waals surface area contributed by atoms with Crippen LogP contribution in [0, 0.1) is 0 Å². The molecule has 0 radical (unpaired) electrons. The second-order valence-corrected chi connectivity index (χ2v) is 8.03. The number of ether oxygens (including phenoxy) is 1. The topological polar surface area (TPSA) is 57.5 Å². The van der Waals surface area contributed by atoms with E-state index in [1.54, 1.807) is 7.11 Å². The van der Waals surface area contributed by atoms with Crippen molar-refractivity contribution in [1.82, 2.24) is 4.98 Å². The minimum absolute atomic E-state index is 0.219. The maximum absolute atomic E-state index is 12.3. The van der Waals surface area contributed by atoms with E-state index >= 15 is 0 Å². The number of halogens is 1. The molecule has 4 nitrogen and oxygen atoms in total. The molecule has 1 unspecified atom stereocenters. The summed E-state index contributed by atoms with van der Waals surface area (Å²) in [4.78, 5) is 4.40. The lowest BCUT2D eigenvalue weighted by atomic mass is 10.1. The van der Waals surface area contributed by atoms with E-state index in [4.69, 9.17) is 4.74 Å². The van der Waals surface area contributed by atoms with E-state index in [0.717, 1.165) is 11.0 Å². The van der Waals surface area contributed by atoms with E-state index in [9.17, 15) is 4.55 Å². The Kier molecular flexibility index (Phi) is 6.64. The van der Waals surface area contributed by atoms with Crippen LogP contribution in [0.15, 0.2) is 27.2 Å². The molecule has 0 fully saturated rings. The number of methoxy groups -OCH3 is 1. The van der Waals surface area contributed by atoms with Gasteiger partial charge in [-0.25, -0.2) is 4.98 Å². The van der Waals surface area contributed by atoms with Crippen LogP contribution in [-0.4, -0.2) is 33.2 Å². The Hall–Kier alpha value is -0.430. The predicted octanol–water partition coefficient (Wildman–Crippen LogP) is 3.52. The van der Waals surface area contributed by atoms with Gasteiger partial charge in [0.15, 0.2) is 0 Å². The Balaban J connectivity index is 3.25. The predicted molar refractivity (Wildman–Crippen MR) is 87.5 cm³/mol. The molecule has 0 spiro atoms. The van der Waals surface area contributed by atoms with Gasteiger partial charge in [-0.05, 0) is 55.3 Å². The van der Waals surface area contributed by atoms with E-state index in [2.05, 4.69) is 25.3 Å². The van der Waals surface area contributed by atoms with Crippen molar-refractivity contribution in [2.45, 2.75) is 45.0 Å². The third kappa shape index (κ3) is 4.84. The first kappa shape index (κ1) is 17.6. The molecule has 1 aromatic rings. The first-order valence-corrected chi connectivity index (χ1v) is 8.35. The SMILES string of the molecule is CCC(OC)/C(=N/[S@+]([O-])C(C)(C)C)c1cccc(Br)n1. The lowest BCUT2D eigenvalue weighted by Crippen LogP contribution is -2.31. The van der Waals surface area contributed by atoms with E-state index in [1.807, 2.05) is 45.9 Å². The molecule has 0 aromatic carbocycles. The van der Waals surface area contributed by atoms with Crippen molar-refractivity contribution in [3.05, 3.63) is 28.5 Å². The Labute approximate surface area is 132 Å². The van der Waals surface area contributed by atoms with Gasteiger partial charge >= 0.3 is 0 Å². The van der Waals surface area contributed by atoms with Crippen LogP contribution >= 0.6 is 15.9 Å². The maximum atomic E-state index is 12.3. The molecule has 0 saturated heterocycles. The molecule has 1 rings (SSSR count). The minimum atomic E-state index is -1.35. The molecule has 0 N–H and O–H groups in total. The third-order valence-electron chi connectivity index (χ3n) is 2.64. The molecule has 6 heteroatoms. The molecule has 0 bridgehead atoms. The first-order valence-electron chi connectivity index (χ1n) is 6.46. The van der Waals surface area contributed by atoms with Crippen molar-refractivity contribution in [3.63, 3.8) is 0 Å². The first-order chi connectivity index (χ1) is 9.29. The number of nitrogens with zero attached hydrogens (tertiary/aromatic N) is 2. The van der Waals surface area contributed by atoms with Crippen molar-refractivity contribution in [3.8, 4) is 0 Å². The van der Waals surface area contributed by atoms with Gasteiger partial charge in [-0.15, -0.1) is 0 Å². The van der Waals surface area contributed by atoms with Crippen molar-refractivity contribution >= 4 is 33.0 Å². The molecular formula is C14H21BrN2O2S. The van der Waals surface area contributed by atoms with Crippen LogP contribution in [0.25, 0.3) is 0 Å². The highest BCUT2D eigenvalue weighted by Crippen LogP contribution is 2.20. The van der Waals surface area contributed by atoms with Crippen LogP contribution in [0.3, 0.4) is 0 Å². The largest absolute Gasteiger partial charge is 0.591 e. The van der Waals surface area contributed by atoms with Gasteiger partial charge in [0, 0.05) is 7.11 Å². The van der Waals surface area contributed by atoms with E-state index < -0.39 is 16.1 Å². The van der Waals surface area contributed by atoms with Crippen molar-refractivity contribution in [2.75, 3.05) is 7.11 Å². The minimum Gasteiger partial charge on any atom is -0.591 e. The van der Waals surface area contributed by atoms with Crippen LogP contribution in [0.5, 0.6) is 0 Å². The summed E-state index contributed by atoms with van der Waals surface area (Å²) in [5.41, 5.74) is 1.32. The summed E-state index contributed by atoms with van der Waals surface area (Å²) in [6.45, 7) is 7.69. The van der Waals surface area contributed by atoms with E-state index in [-0.39, 0.29) is 6.10 Å². The Morgan fingerprint density at radius 1 is 1.50 bits per heavy atom. The highest BCUT2D eigenvalue weighted by Gasteiger charge is 2.29. The molecule has 0 aliphatic rings. The van der Waals surface area contributed by atoms with Gasteiger partial charge in [-0.1, -0.05) is 17.4 Å². The van der Waals surface area contributed by atoms with Gasteiger partial charge in [0.25, 0.3) is 0 Å². The van der Waals surface area contributed by atoms with Gasteiger partial charge in [0.1, 0.15) is 32.5 Å². The number of aromatic nitrogens is 1. The summed E-state index contributed by atoms with van der Waals surface area (Å²) >= 11 is 2.00. The fraction of sp³-hybridized carbons (Fsp3) is 0.571. The van der Waals surface area contributed by atoms with Gasteiger partial charge < -0.3 is 9.29 Å². The molecule has 1 aromatic heterocycles. The summed E-state index contributed by atoms with van der Waals surface area (Å²) in [6, 6.07) is 5.57. The van der Waals surface area contributed by atoms with Crippen LogP contribution in [-0.2, 0) is 16.1 Å². The van der Waals surface area contributed by atoms with Crippen LogP contribution in [0.2, 0.25) is 0 Å². The summed E-state index contributed by atoms with van der Waals surface area (Å²) in [6.07, 6.45) is 0.522. The second kappa shape index (κ2) is 7.54. The lowest BCUT2D eigenvalue weighted by molar-refractivity contribution is 0.153. The van der Waals surface area contributed by atoms with Gasteiger partial charge in [-0.3, -0.25) is 0 Å². The van der Waals surface area contributed by atoms with Crippen molar-refractivity contribution < 1.29 is 9.29 Å². The molecule has 20 heavy (non-hydrogen) atoms. The van der Waals surface area contributed by atoms with Gasteiger partial charge in [0.05, 0.1) is 5.69 Å². The second-order valence-electron chi connectivity index (χ2n) is 5.32. The molecule has 0 amide bonds. The third-order valence-corrected chi connectivity index (χ3v) is 4.49. The Morgan fingerprint density at radius 2 is 2.15 bits per heavy atom. The van der Waals surface area contributed by atoms with Gasteiger partial charge in [0.2, 0.25) is 0 Å². The monoisotopic (exact) mass is 360 g/mol. The van der Waals surface area contributed by atoms with Gasteiger partial charge in [-0.2, -0.15) is 0 Å². The lowest BCUT2D eigenvalue weighted by Gasteiger charge is -2.21. The Bertz CT molecular complexity index is 470. The molecule has 0 saturated carbocycles. The zero-order valence-electron chi connectivity index (χ0n) is 12.5. The van der Waals surface area contributed by atoms with Crippen LogP contribution < -0.4 is 0 Å². The molecular weight excluding hydrogens is 340 g/mol. The smallest absolute Gasteiger partial charge is 0.146 e. The maximum Gasteiger partial charge on any atom is 0.146 e. The fourth-order valence-corrected chi connectivity index (χ4v) is 2.53. The highest BCUT2D eigenvalue weighted by atomic mass is 79.9. The average molecular weight is 361 g/mol. The van der Waals surface area contributed by atoms with Crippen molar-refractivity contribution in [1.29, 1.82) is 0 Å².